The molecule has 1 aliphatic rings. The summed E-state index contributed by atoms with van der Waals surface area (Å²) < 4.78 is 5.65. The van der Waals surface area contributed by atoms with Gasteiger partial charge in [-0.25, -0.2) is 4.79 Å². The molecule has 0 fully saturated rings. The van der Waals surface area contributed by atoms with Crippen molar-refractivity contribution in [3.63, 3.8) is 0 Å². The zero-order valence-electron chi connectivity index (χ0n) is 19.5. The predicted octanol–water partition coefficient (Wildman–Crippen LogP) is 5.52. The maximum absolute atomic E-state index is 13.0. The summed E-state index contributed by atoms with van der Waals surface area (Å²) in [5.74, 6) is 0.523. The van der Waals surface area contributed by atoms with E-state index in [1.54, 1.807) is 11.8 Å². The fourth-order valence-corrected chi connectivity index (χ4v) is 4.90. The van der Waals surface area contributed by atoms with Gasteiger partial charge in [-0.15, -0.1) is 0 Å². The highest BCUT2D eigenvalue weighted by atomic mass is 32.2. The number of rotatable bonds is 9. The second-order valence-corrected chi connectivity index (χ2v) is 9.43. The molecule has 6 heteroatoms. The standard InChI is InChI=1S/C28H30N2O3S/c1-19(20-10-4-3-5-11-20)29-27(31)26(16-17-34-2)30-28(32)33-18-25-23-14-8-6-12-21(23)22-13-7-9-15-24(22)25/h3-15,19,25-26H,16-18H2,1-2H3,(H,29,31)(H,30,32)/t19?,26-/m0/s1. The Morgan fingerprint density at radius 3 is 2.09 bits per heavy atom. The van der Waals surface area contributed by atoms with Crippen LogP contribution >= 0.6 is 11.8 Å². The summed E-state index contributed by atoms with van der Waals surface area (Å²) in [4.78, 5) is 25.7. The van der Waals surface area contributed by atoms with Crippen LogP contribution in [0.3, 0.4) is 0 Å². The van der Waals surface area contributed by atoms with Crippen LogP contribution in [0.15, 0.2) is 78.9 Å². The Kier molecular flexibility index (Phi) is 7.91. The number of alkyl carbamates (subject to hydrolysis) is 1. The molecule has 34 heavy (non-hydrogen) atoms. The van der Waals surface area contributed by atoms with Crippen LogP contribution in [0.1, 0.15) is 42.0 Å². The van der Waals surface area contributed by atoms with Gasteiger partial charge in [-0.2, -0.15) is 11.8 Å². The van der Waals surface area contributed by atoms with E-state index in [0.717, 1.165) is 22.4 Å². The second kappa shape index (κ2) is 11.3. The molecule has 2 N–H and O–H groups in total. The number of benzene rings is 3. The van der Waals surface area contributed by atoms with E-state index in [1.807, 2.05) is 67.8 Å². The number of amides is 2. The first kappa shape index (κ1) is 23.9. The molecule has 0 heterocycles. The third-order valence-electron chi connectivity index (χ3n) is 6.22. The van der Waals surface area contributed by atoms with E-state index in [4.69, 9.17) is 4.74 Å². The van der Waals surface area contributed by atoms with Crippen LogP contribution in [-0.4, -0.2) is 36.7 Å². The Morgan fingerprint density at radius 2 is 1.47 bits per heavy atom. The predicted molar refractivity (Wildman–Crippen MR) is 138 cm³/mol. The van der Waals surface area contributed by atoms with Gasteiger partial charge in [-0.05, 0) is 53.2 Å². The zero-order chi connectivity index (χ0) is 23.9. The number of fused-ring (bicyclic) bond motifs is 3. The topological polar surface area (TPSA) is 67.4 Å². The Balaban J connectivity index is 1.39. The molecule has 5 nitrogen and oxygen atoms in total. The van der Waals surface area contributed by atoms with E-state index >= 15 is 0 Å². The average molecular weight is 475 g/mol. The number of hydrogen-bond donors (Lipinski definition) is 2. The molecule has 1 aliphatic carbocycles. The number of carbonyl (C=O) groups is 2. The molecule has 2 atom stereocenters. The van der Waals surface area contributed by atoms with Crippen molar-refractivity contribution >= 4 is 23.8 Å². The van der Waals surface area contributed by atoms with Crippen LogP contribution in [0.25, 0.3) is 11.1 Å². The third-order valence-corrected chi connectivity index (χ3v) is 6.87. The van der Waals surface area contributed by atoms with E-state index in [1.165, 1.54) is 11.1 Å². The molecule has 3 aromatic carbocycles. The Hall–Kier alpha value is -3.25. The summed E-state index contributed by atoms with van der Waals surface area (Å²) >= 11 is 1.64. The van der Waals surface area contributed by atoms with Crippen LogP contribution in [0, 0.1) is 0 Å². The van der Waals surface area contributed by atoms with Crippen molar-refractivity contribution in [3.8, 4) is 11.1 Å². The lowest BCUT2D eigenvalue weighted by Gasteiger charge is -2.22. The van der Waals surface area contributed by atoms with Gasteiger partial charge in [0.15, 0.2) is 0 Å². The molecule has 0 aromatic heterocycles. The molecule has 0 saturated carbocycles. The van der Waals surface area contributed by atoms with E-state index in [9.17, 15) is 9.59 Å². The fourth-order valence-electron chi connectivity index (χ4n) is 4.43. The van der Waals surface area contributed by atoms with E-state index in [0.29, 0.717) is 6.42 Å². The van der Waals surface area contributed by atoms with E-state index < -0.39 is 12.1 Å². The van der Waals surface area contributed by atoms with Crippen molar-refractivity contribution in [2.24, 2.45) is 0 Å². The van der Waals surface area contributed by atoms with Gasteiger partial charge in [0.2, 0.25) is 5.91 Å². The molecular weight excluding hydrogens is 444 g/mol. The first-order valence-corrected chi connectivity index (χ1v) is 12.9. The lowest BCUT2D eigenvalue weighted by Crippen LogP contribution is -2.48. The maximum Gasteiger partial charge on any atom is 0.407 e. The Bertz CT molecular complexity index is 1090. The summed E-state index contributed by atoms with van der Waals surface area (Å²) in [5, 5.41) is 5.81. The van der Waals surface area contributed by atoms with Crippen molar-refractivity contribution in [2.75, 3.05) is 18.6 Å². The largest absolute Gasteiger partial charge is 0.449 e. The van der Waals surface area contributed by atoms with Gasteiger partial charge in [-0.1, -0.05) is 78.9 Å². The van der Waals surface area contributed by atoms with Gasteiger partial charge in [0.1, 0.15) is 12.6 Å². The smallest absolute Gasteiger partial charge is 0.407 e. The molecule has 0 saturated heterocycles. The second-order valence-electron chi connectivity index (χ2n) is 8.44. The number of thioether (sulfide) groups is 1. The molecule has 0 bridgehead atoms. The highest BCUT2D eigenvalue weighted by molar-refractivity contribution is 7.98. The lowest BCUT2D eigenvalue weighted by molar-refractivity contribution is -0.123. The van der Waals surface area contributed by atoms with Crippen molar-refractivity contribution in [3.05, 3.63) is 95.6 Å². The van der Waals surface area contributed by atoms with Crippen LogP contribution in [0.2, 0.25) is 0 Å². The summed E-state index contributed by atoms with van der Waals surface area (Å²) in [6, 6.07) is 25.4. The normalized spacial score (nSPS) is 13.9. The van der Waals surface area contributed by atoms with Crippen molar-refractivity contribution in [2.45, 2.75) is 31.3 Å². The van der Waals surface area contributed by atoms with Gasteiger partial charge >= 0.3 is 6.09 Å². The van der Waals surface area contributed by atoms with Crippen LogP contribution in [0.5, 0.6) is 0 Å². The third kappa shape index (κ3) is 5.45. The van der Waals surface area contributed by atoms with Crippen LogP contribution in [0.4, 0.5) is 4.79 Å². The van der Waals surface area contributed by atoms with Crippen molar-refractivity contribution < 1.29 is 14.3 Å². The fraction of sp³-hybridized carbons (Fsp3) is 0.286. The van der Waals surface area contributed by atoms with Crippen molar-refractivity contribution in [1.82, 2.24) is 10.6 Å². The molecule has 0 radical (unpaired) electrons. The number of ether oxygens (including phenoxy) is 1. The molecule has 0 aliphatic heterocycles. The minimum absolute atomic E-state index is 0.0188. The van der Waals surface area contributed by atoms with Gasteiger partial charge in [0.05, 0.1) is 6.04 Å². The summed E-state index contributed by atoms with van der Waals surface area (Å²) in [6.07, 6.45) is 1.93. The van der Waals surface area contributed by atoms with Gasteiger partial charge in [0.25, 0.3) is 0 Å². The number of hydrogen-bond acceptors (Lipinski definition) is 4. The number of carbonyl (C=O) groups excluding carboxylic acids is 2. The monoisotopic (exact) mass is 474 g/mol. The minimum atomic E-state index is -0.658. The quantitative estimate of drug-likeness (QED) is 0.428. The Labute approximate surface area is 205 Å². The molecular formula is C28H30N2O3S. The first-order chi connectivity index (χ1) is 16.6. The average Bonchev–Trinajstić information content (AvgIpc) is 3.19. The van der Waals surface area contributed by atoms with E-state index in [-0.39, 0.29) is 24.5 Å². The first-order valence-electron chi connectivity index (χ1n) is 11.5. The number of nitrogens with one attached hydrogen (secondary N) is 2. The summed E-state index contributed by atoms with van der Waals surface area (Å²) in [5.41, 5.74) is 5.69. The van der Waals surface area contributed by atoms with Crippen LogP contribution in [-0.2, 0) is 9.53 Å². The van der Waals surface area contributed by atoms with Gasteiger partial charge in [-0.3, -0.25) is 4.79 Å². The Morgan fingerprint density at radius 1 is 0.882 bits per heavy atom. The summed E-state index contributed by atoms with van der Waals surface area (Å²) in [7, 11) is 0. The van der Waals surface area contributed by atoms with Crippen LogP contribution < -0.4 is 10.6 Å². The maximum atomic E-state index is 13.0. The van der Waals surface area contributed by atoms with E-state index in [2.05, 4.69) is 34.9 Å². The van der Waals surface area contributed by atoms with Crippen molar-refractivity contribution in [1.29, 1.82) is 0 Å². The molecule has 4 rings (SSSR count). The minimum Gasteiger partial charge on any atom is -0.449 e. The molecule has 2 amide bonds. The van der Waals surface area contributed by atoms with Gasteiger partial charge in [0, 0.05) is 5.92 Å². The molecule has 0 spiro atoms. The van der Waals surface area contributed by atoms with Gasteiger partial charge < -0.3 is 15.4 Å². The highest BCUT2D eigenvalue weighted by Crippen LogP contribution is 2.44. The molecule has 1 unspecified atom stereocenters. The highest BCUT2D eigenvalue weighted by Gasteiger charge is 2.30. The SMILES string of the molecule is CSCC[C@H](NC(=O)OCC1c2ccccc2-c2ccccc21)C(=O)NC(C)c1ccccc1. The zero-order valence-corrected chi connectivity index (χ0v) is 20.3. The molecule has 3 aromatic rings. The lowest BCUT2D eigenvalue weighted by atomic mass is 9.98. The molecule has 176 valence electrons. The summed E-state index contributed by atoms with van der Waals surface area (Å²) in [6.45, 7) is 2.16.